The van der Waals surface area contributed by atoms with Gasteiger partial charge in [-0.2, -0.15) is 0 Å². The molecule has 0 aliphatic carbocycles. The molecule has 0 bridgehead atoms. The third-order valence-corrected chi connectivity index (χ3v) is 13.8. The molecule has 220 valence electrons. The van der Waals surface area contributed by atoms with Gasteiger partial charge in [-0.15, -0.1) is 0 Å². The second-order valence-electron chi connectivity index (χ2n) is 10.9. The van der Waals surface area contributed by atoms with Crippen LogP contribution in [0.3, 0.4) is 0 Å². The molecule has 0 heterocycles. The van der Waals surface area contributed by atoms with Crippen LogP contribution in [0.15, 0.2) is 164 Å². The van der Waals surface area contributed by atoms with E-state index >= 15 is 0 Å². The van der Waals surface area contributed by atoms with E-state index in [0.29, 0.717) is 6.35 Å². The van der Waals surface area contributed by atoms with Crippen molar-refractivity contribution >= 4 is 22.7 Å². The second kappa shape index (κ2) is 12.4. The first kappa shape index (κ1) is 29.2. The molecule has 0 amide bonds. The Labute approximate surface area is 258 Å². The summed E-state index contributed by atoms with van der Waals surface area (Å²) >= 11 is 0. The molecule has 0 saturated carbocycles. The third kappa shape index (κ3) is 5.24. The van der Waals surface area contributed by atoms with Crippen molar-refractivity contribution in [2.75, 3.05) is 13.5 Å². The van der Waals surface area contributed by atoms with Gasteiger partial charge >= 0.3 is 259 Å². The fraction of sp³-hybridized carbons (Fsp3) is 0.0769. The zero-order valence-electron chi connectivity index (χ0n) is 24.5. The van der Waals surface area contributed by atoms with E-state index in [9.17, 15) is 10.2 Å². The van der Waals surface area contributed by atoms with E-state index in [1.165, 1.54) is 0 Å². The van der Waals surface area contributed by atoms with Crippen molar-refractivity contribution in [3.63, 3.8) is 0 Å². The van der Waals surface area contributed by atoms with Crippen molar-refractivity contribution in [1.29, 1.82) is 0 Å². The van der Waals surface area contributed by atoms with Gasteiger partial charge < -0.3 is 0 Å². The van der Waals surface area contributed by atoms with E-state index in [0.717, 1.165) is 38.4 Å². The van der Waals surface area contributed by atoms with Gasteiger partial charge in [0.05, 0.1) is 0 Å². The number of phenolic OH excluding ortho intramolecular Hbond substituents is 2. The average Bonchev–Trinajstić information content (AvgIpc) is 3.08. The molecule has 4 nitrogen and oxygen atoms in total. The van der Waals surface area contributed by atoms with Crippen molar-refractivity contribution in [1.82, 2.24) is 0 Å². The van der Waals surface area contributed by atoms with Crippen LogP contribution in [-0.4, -0.2) is 23.7 Å². The van der Waals surface area contributed by atoms with Crippen molar-refractivity contribution < 1.29 is 19.5 Å². The molecule has 44 heavy (non-hydrogen) atoms. The molecule has 0 aliphatic rings. The van der Waals surface area contributed by atoms with E-state index < -0.39 is 6.83 Å². The Morgan fingerprint density at radius 3 is 1.16 bits per heavy atom. The summed E-state index contributed by atoms with van der Waals surface area (Å²) in [7, 11) is 1.74. The Hall–Kier alpha value is -4.89. The van der Waals surface area contributed by atoms with Crippen LogP contribution in [0.2, 0.25) is 0 Å². The quantitative estimate of drug-likeness (QED) is 0.125. The van der Waals surface area contributed by atoms with Gasteiger partial charge in [-0.05, 0) is 0 Å². The van der Waals surface area contributed by atoms with Crippen LogP contribution in [0.1, 0.15) is 22.6 Å². The average molecular weight is 599 g/mol. The monoisotopic (exact) mass is 598 g/mol. The van der Waals surface area contributed by atoms with Crippen molar-refractivity contribution in [3.8, 4) is 17.2 Å². The molecule has 0 saturated heterocycles. The number of hydrogen-bond donors (Lipinski definition) is 2. The van der Waals surface area contributed by atoms with Gasteiger partial charge in [-0.3, -0.25) is 0 Å². The molecule has 0 atom stereocenters. The summed E-state index contributed by atoms with van der Waals surface area (Å²) in [4.78, 5) is 0. The van der Waals surface area contributed by atoms with E-state index in [4.69, 9.17) is 9.26 Å². The van der Waals surface area contributed by atoms with E-state index in [-0.39, 0.29) is 17.4 Å². The summed E-state index contributed by atoms with van der Waals surface area (Å²) in [6, 6.07) is 54.1. The first-order chi connectivity index (χ1) is 21.5. The number of hydrogen-bond acceptors (Lipinski definition) is 4. The molecular formula is C39H35O4P. The Kier molecular flexibility index (Phi) is 8.21. The van der Waals surface area contributed by atoms with Gasteiger partial charge in [-0.25, -0.2) is 0 Å². The van der Waals surface area contributed by atoms with Gasteiger partial charge in [0.25, 0.3) is 0 Å². The van der Waals surface area contributed by atoms with Gasteiger partial charge in [0.1, 0.15) is 0 Å². The van der Waals surface area contributed by atoms with Crippen LogP contribution >= 0.6 is 6.83 Å². The summed E-state index contributed by atoms with van der Waals surface area (Å²) in [5, 5.41) is 23.1. The van der Waals surface area contributed by atoms with Crippen LogP contribution in [0.4, 0.5) is 0 Å². The Morgan fingerprint density at radius 2 is 0.818 bits per heavy atom. The Morgan fingerprint density at radius 1 is 0.477 bits per heavy atom. The fourth-order valence-corrected chi connectivity index (χ4v) is 11.4. The Bertz CT molecular complexity index is 1640. The summed E-state index contributed by atoms with van der Waals surface area (Å²) in [6.07, 6.45) is 0.356. The van der Waals surface area contributed by atoms with Gasteiger partial charge in [0, 0.05) is 0 Å². The molecule has 5 heteroatoms. The summed E-state index contributed by atoms with van der Waals surface area (Å²) in [5.41, 5.74) is 3.11. The van der Waals surface area contributed by atoms with Crippen molar-refractivity contribution in [2.24, 2.45) is 0 Å². The fourth-order valence-electron chi connectivity index (χ4n) is 6.20. The van der Waals surface area contributed by atoms with Crippen molar-refractivity contribution in [2.45, 2.75) is 5.92 Å². The Balaban J connectivity index is 1.53. The first-order valence-corrected chi connectivity index (χ1v) is 16.9. The van der Waals surface area contributed by atoms with E-state index in [2.05, 4.69) is 84.9 Å². The topological polar surface area (TPSA) is 58.9 Å². The normalized spacial score (nSPS) is 12.4. The molecule has 0 radical (unpaired) electrons. The maximum absolute atomic E-state index is 9.95. The minimum atomic E-state index is -3.71. The standard InChI is InChI=1S/C39H35O4P/c1-42-29-44(36-11-5-2-6-12-36,37-13-7-3-8-14-37,38-15-9-4-10-16-38)43-35-27-21-32(22-28-35)39(30-17-23-33(40)24-18-30)31-19-25-34(41)26-20-31/h2-28,39-41H,29H2,1H3. The number of ether oxygens (including phenoxy) is 1. The number of phenols is 2. The van der Waals surface area contributed by atoms with Crippen LogP contribution in [-0.2, 0) is 4.74 Å². The SMILES string of the molecule is COCP(Oc1ccc(C(c2ccc(O)cc2)c2ccc(O)cc2)cc1)(c1ccccc1)(c1ccccc1)c1ccccc1. The predicted octanol–water partition coefficient (Wildman–Crippen LogP) is 7.71. The zero-order valence-corrected chi connectivity index (χ0v) is 25.4. The minimum absolute atomic E-state index is 0.114. The molecule has 0 aliphatic heterocycles. The maximum atomic E-state index is 9.95. The number of benzene rings is 6. The van der Waals surface area contributed by atoms with Gasteiger partial charge in [0.2, 0.25) is 0 Å². The summed E-state index contributed by atoms with van der Waals surface area (Å²) in [6.45, 7) is -3.71. The number of rotatable bonds is 10. The van der Waals surface area contributed by atoms with Gasteiger partial charge in [-0.1, -0.05) is 0 Å². The molecule has 0 spiro atoms. The molecular weight excluding hydrogens is 563 g/mol. The molecule has 6 rings (SSSR count). The molecule has 0 fully saturated rings. The second-order valence-corrected chi connectivity index (χ2v) is 15.3. The van der Waals surface area contributed by atoms with E-state index in [1.54, 1.807) is 31.4 Å². The van der Waals surface area contributed by atoms with Crippen LogP contribution in [0.5, 0.6) is 17.2 Å². The van der Waals surface area contributed by atoms with Crippen LogP contribution in [0.25, 0.3) is 0 Å². The molecule has 0 aromatic heterocycles. The van der Waals surface area contributed by atoms with Crippen molar-refractivity contribution in [3.05, 3.63) is 180 Å². The molecule has 2 N–H and O–H groups in total. The predicted molar refractivity (Wildman–Crippen MR) is 181 cm³/mol. The van der Waals surface area contributed by atoms with Crippen LogP contribution < -0.4 is 20.4 Å². The summed E-state index contributed by atoms with van der Waals surface area (Å²) < 4.78 is 13.6. The third-order valence-electron chi connectivity index (χ3n) is 8.26. The number of aromatic hydroxyl groups is 2. The molecule has 0 unspecified atom stereocenters. The first-order valence-electron chi connectivity index (χ1n) is 14.6. The summed E-state index contributed by atoms with van der Waals surface area (Å²) in [5.74, 6) is 1.05. The molecule has 6 aromatic carbocycles. The number of methoxy groups -OCH3 is 1. The molecule has 6 aromatic rings. The zero-order chi connectivity index (χ0) is 30.4. The van der Waals surface area contributed by atoms with Gasteiger partial charge in [0.15, 0.2) is 0 Å². The van der Waals surface area contributed by atoms with Crippen LogP contribution in [0, 0.1) is 0 Å². The van der Waals surface area contributed by atoms with E-state index in [1.807, 2.05) is 54.6 Å².